The number of alkyl halides is 3. The Labute approximate surface area is 153 Å². The predicted molar refractivity (Wildman–Crippen MR) is 91.8 cm³/mol. The number of aryl methyl sites for hydroxylation is 1. The second-order valence-corrected chi connectivity index (χ2v) is 8.06. The molecule has 1 aromatic heterocycles. The highest BCUT2D eigenvalue weighted by atomic mass is 32.2. The molecule has 0 aliphatic carbocycles. The SMILES string of the molecule is Cc1ccc(-n2nc(C(F)(F)F)cc2-c2ccc(S(C)(=O)=O)c(F)c2)cc1. The third-order valence-corrected chi connectivity index (χ3v) is 5.04. The molecule has 4 nitrogen and oxygen atoms in total. The summed E-state index contributed by atoms with van der Waals surface area (Å²) in [5, 5.41) is 3.61. The van der Waals surface area contributed by atoms with Gasteiger partial charge >= 0.3 is 6.18 Å². The first kappa shape index (κ1) is 19.1. The first-order valence-corrected chi connectivity index (χ1v) is 9.60. The van der Waals surface area contributed by atoms with E-state index in [1.165, 1.54) is 6.07 Å². The Morgan fingerprint density at radius 1 is 1.00 bits per heavy atom. The van der Waals surface area contributed by atoms with Crippen molar-refractivity contribution < 1.29 is 26.0 Å². The number of aromatic nitrogens is 2. The summed E-state index contributed by atoms with van der Waals surface area (Å²) in [6, 6.07) is 10.6. The summed E-state index contributed by atoms with van der Waals surface area (Å²) in [6.07, 6.45) is -3.83. The van der Waals surface area contributed by atoms with Crippen molar-refractivity contribution in [3.8, 4) is 16.9 Å². The summed E-state index contributed by atoms with van der Waals surface area (Å²) in [6.45, 7) is 1.83. The number of halogens is 4. The minimum atomic E-state index is -4.68. The highest BCUT2D eigenvalue weighted by Gasteiger charge is 2.35. The Kier molecular flexibility index (Phi) is 4.59. The highest BCUT2D eigenvalue weighted by Crippen LogP contribution is 2.34. The van der Waals surface area contributed by atoms with Gasteiger partial charge in [-0.05, 0) is 37.3 Å². The molecular formula is C18H14F4N2O2S. The number of hydrogen-bond donors (Lipinski definition) is 0. The summed E-state index contributed by atoms with van der Waals surface area (Å²) < 4.78 is 77.8. The van der Waals surface area contributed by atoms with Gasteiger partial charge in [0, 0.05) is 11.8 Å². The molecule has 0 radical (unpaired) electrons. The van der Waals surface area contributed by atoms with Crippen LogP contribution in [0, 0.1) is 12.7 Å². The van der Waals surface area contributed by atoms with Crippen molar-refractivity contribution in [2.24, 2.45) is 0 Å². The van der Waals surface area contributed by atoms with Gasteiger partial charge in [-0.2, -0.15) is 18.3 Å². The molecule has 0 saturated heterocycles. The van der Waals surface area contributed by atoms with Crippen LogP contribution in [0.3, 0.4) is 0 Å². The largest absolute Gasteiger partial charge is 0.435 e. The third-order valence-electron chi connectivity index (χ3n) is 3.91. The van der Waals surface area contributed by atoms with E-state index >= 15 is 0 Å². The lowest BCUT2D eigenvalue weighted by Gasteiger charge is -2.09. The number of nitrogens with zero attached hydrogens (tertiary/aromatic N) is 2. The van der Waals surface area contributed by atoms with Crippen LogP contribution < -0.4 is 0 Å². The average Bonchev–Trinajstić information content (AvgIpc) is 2.99. The van der Waals surface area contributed by atoms with Crippen LogP contribution >= 0.6 is 0 Å². The summed E-state index contributed by atoms with van der Waals surface area (Å²) >= 11 is 0. The van der Waals surface area contributed by atoms with Gasteiger partial charge in [0.2, 0.25) is 0 Å². The van der Waals surface area contributed by atoms with E-state index in [4.69, 9.17) is 0 Å². The third kappa shape index (κ3) is 3.87. The van der Waals surface area contributed by atoms with Gasteiger partial charge in [0.25, 0.3) is 0 Å². The molecule has 0 spiro atoms. The van der Waals surface area contributed by atoms with Crippen LogP contribution in [0.15, 0.2) is 53.4 Å². The first-order valence-electron chi connectivity index (χ1n) is 7.71. The van der Waals surface area contributed by atoms with Crippen LogP contribution in [0.1, 0.15) is 11.3 Å². The maximum Gasteiger partial charge on any atom is 0.435 e. The van der Waals surface area contributed by atoms with E-state index in [0.717, 1.165) is 34.7 Å². The molecule has 0 fully saturated rings. The Hall–Kier alpha value is -2.68. The van der Waals surface area contributed by atoms with Crippen LogP contribution in [0.5, 0.6) is 0 Å². The molecule has 27 heavy (non-hydrogen) atoms. The van der Waals surface area contributed by atoms with Crippen LogP contribution in [-0.4, -0.2) is 24.5 Å². The molecule has 0 atom stereocenters. The van der Waals surface area contributed by atoms with Gasteiger partial charge in [-0.1, -0.05) is 23.8 Å². The van der Waals surface area contributed by atoms with Gasteiger partial charge < -0.3 is 0 Å². The molecule has 0 bridgehead atoms. The Bertz CT molecular complexity index is 1100. The zero-order chi connectivity index (χ0) is 20.0. The van der Waals surface area contributed by atoms with Gasteiger partial charge in [-0.15, -0.1) is 0 Å². The molecule has 0 saturated carbocycles. The van der Waals surface area contributed by atoms with E-state index in [1.54, 1.807) is 24.3 Å². The van der Waals surface area contributed by atoms with Gasteiger partial charge in [0.05, 0.1) is 11.4 Å². The second kappa shape index (κ2) is 6.49. The Balaban J connectivity index is 2.21. The molecule has 0 unspecified atom stereocenters. The lowest BCUT2D eigenvalue weighted by atomic mass is 10.1. The van der Waals surface area contributed by atoms with E-state index in [1.807, 2.05) is 6.92 Å². The molecule has 9 heteroatoms. The van der Waals surface area contributed by atoms with Crippen LogP contribution in [-0.2, 0) is 16.0 Å². The van der Waals surface area contributed by atoms with Crippen molar-refractivity contribution in [3.63, 3.8) is 0 Å². The molecule has 0 aliphatic rings. The lowest BCUT2D eigenvalue weighted by molar-refractivity contribution is -0.141. The Morgan fingerprint density at radius 3 is 2.15 bits per heavy atom. The number of sulfone groups is 1. The standard InChI is InChI=1S/C18H14F4N2O2S/c1-11-3-6-13(7-4-11)24-15(10-17(23-24)18(20,21)22)12-5-8-16(14(19)9-12)27(2,25)26/h3-10H,1-2H3. The molecule has 2 aromatic carbocycles. The highest BCUT2D eigenvalue weighted by molar-refractivity contribution is 7.90. The minimum absolute atomic E-state index is 0.00914. The molecule has 0 aliphatic heterocycles. The van der Waals surface area contributed by atoms with E-state index in [0.29, 0.717) is 5.69 Å². The summed E-state index contributed by atoms with van der Waals surface area (Å²) in [5.41, 5.74) is 0.199. The number of benzene rings is 2. The molecule has 1 heterocycles. The molecule has 142 valence electrons. The van der Waals surface area contributed by atoms with Gasteiger partial charge in [-0.25, -0.2) is 17.5 Å². The van der Waals surface area contributed by atoms with E-state index < -0.39 is 32.4 Å². The van der Waals surface area contributed by atoms with Crippen LogP contribution in [0.4, 0.5) is 17.6 Å². The van der Waals surface area contributed by atoms with Crippen molar-refractivity contribution in [2.45, 2.75) is 18.0 Å². The van der Waals surface area contributed by atoms with E-state index in [9.17, 15) is 26.0 Å². The van der Waals surface area contributed by atoms with Crippen LogP contribution in [0.2, 0.25) is 0 Å². The topological polar surface area (TPSA) is 52.0 Å². The first-order chi connectivity index (χ1) is 12.5. The Morgan fingerprint density at radius 2 is 1.63 bits per heavy atom. The fraction of sp³-hybridized carbons (Fsp3) is 0.167. The van der Waals surface area contributed by atoms with Gasteiger partial charge in [0.1, 0.15) is 10.7 Å². The maximum absolute atomic E-state index is 14.2. The monoisotopic (exact) mass is 398 g/mol. The molecule has 0 amide bonds. The van der Waals surface area contributed by atoms with Crippen molar-refractivity contribution in [1.82, 2.24) is 9.78 Å². The molecular weight excluding hydrogens is 384 g/mol. The van der Waals surface area contributed by atoms with E-state index in [2.05, 4.69) is 5.10 Å². The molecule has 3 aromatic rings. The fourth-order valence-corrected chi connectivity index (χ4v) is 3.30. The predicted octanol–water partition coefficient (Wildman–Crippen LogP) is 4.41. The lowest BCUT2D eigenvalue weighted by Crippen LogP contribution is -2.07. The zero-order valence-corrected chi connectivity index (χ0v) is 15.1. The number of rotatable bonds is 3. The summed E-state index contributed by atoms with van der Waals surface area (Å²) in [5.74, 6) is -1.04. The molecule has 0 N–H and O–H groups in total. The fourth-order valence-electron chi connectivity index (χ4n) is 2.57. The minimum Gasteiger partial charge on any atom is -0.233 e. The normalized spacial score (nSPS) is 12.4. The summed E-state index contributed by atoms with van der Waals surface area (Å²) in [7, 11) is -3.79. The maximum atomic E-state index is 14.2. The quantitative estimate of drug-likeness (QED) is 0.614. The summed E-state index contributed by atoms with van der Waals surface area (Å²) in [4.78, 5) is -0.524. The molecule has 3 rings (SSSR count). The van der Waals surface area contributed by atoms with Gasteiger partial charge in [-0.3, -0.25) is 0 Å². The average molecular weight is 398 g/mol. The smallest absolute Gasteiger partial charge is 0.233 e. The van der Waals surface area contributed by atoms with Crippen molar-refractivity contribution in [2.75, 3.05) is 6.26 Å². The zero-order valence-electron chi connectivity index (χ0n) is 14.2. The van der Waals surface area contributed by atoms with Crippen LogP contribution in [0.25, 0.3) is 16.9 Å². The van der Waals surface area contributed by atoms with Crippen molar-refractivity contribution in [1.29, 1.82) is 0 Å². The van der Waals surface area contributed by atoms with E-state index in [-0.39, 0.29) is 11.3 Å². The van der Waals surface area contributed by atoms with Crippen molar-refractivity contribution in [3.05, 3.63) is 65.6 Å². The van der Waals surface area contributed by atoms with Crippen molar-refractivity contribution >= 4 is 9.84 Å². The van der Waals surface area contributed by atoms with Gasteiger partial charge in [0.15, 0.2) is 15.5 Å². The second-order valence-electron chi connectivity index (χ2n) is 6.08. The number of hydrogen-bond acceptors (Lipinski definition) is 3.